The highest BCUT2D eigenvalue weighted by molar-refractivity contribution is 5.92. The fourth-order valence-corrected chi connectivity index (χ4v) is 1.94. The van der Waals surface area contributed by atoms with Gasteiger partial charge >= 0.3 is 11.9 Å². The van der Waals surface area contributed by atoms with Crippen LogP contribution in [0, 0.1) is 17.2 Å². The molecule has 0 heterocycles. The van der Waals surface area contributed by atoms with E-state index in [1.165, 1.54) is 19.2 Å². The van der Waals surface area contributed by atoms with Gasteiger partial charge in [0.05, 0.1) is 24.3 Å². The molecule has 1 aromatic rings. The summed E-state index contributed by atoms with van der Waals surface area (Å²) in [6.45, 7) is 3.16. The van der Waals surface area contributed by atoms with Gasteiger partial charge in [-0.15, -0.1) is 0 Å². The van der Waals surface area contributed by atoms with Gasteiger partial charge in [-0.05, 0) is 24.1 Å². The number of nitrogens with zero attached hydrogens (tertiary/aromatic N) is 1. The topological polar surface area (TPSA) is 105 Å². The van der Waals surface area contributed by atoms with Gasteiger partial charge in [0.15, 0.2) is 6.61 Å². The molecule has 0 saturated heterocycles. The molecule has 0 aromatic heterocycles. The largest absolute Gasteiger partial charge is 0.467 e. The first-order valence-electron chi connectivity index (χ1n) is 7.47. The van der Waals surface area contributed by atoms with Crippen molar-refractivity contribution < 1.29 is 23.9 Å². The van der Waals surface area contributed by atoms with Gasteiger partial charge in [0.1, 0.15) is 6.04 Å². The van der Waals surface area contributed by atoms with E-state index in [1.54, 1.807) is 19.1 Å². The molecular formula is C17H20N2O5. The lowest BCUT2D eigenvalue weighted by atomic mass is 9.99. The molecule has 2 atom stereocenters. The third kappa shape index (κ3) is 5.39. The molecular weight excluding hydrogens is 312 g/mol. The average molecular weight is 332 g/mol. The first-order valence-corrected chi connectivity index (χ1v) is 7.47. The Kier molecular flexibility index (Phi) is 7.43. The molecule has 1 amide bonds. The molecule has 0 bridgehead atoms. The molecule has 0 spiro atoms. The Morgan fingerprint density at radius 1 is 1.33 bits per heavy atom. The summed E-state index contributed by atoms with van der Waals surface area (Å²) in [7, 11) is 1.24. The average Bonchev–Trinajstić information content (AvgIpc) is 2.62. The number of ether oxygens (including phenoxy) is 2. The molecule has 1 N–H and O–H groups in total. The summed E-state index contributed by atoms with van der Waals surface area (Å²) in [5, 5.41) is 11.3. The van der Waals surface area contributed by atoms with Crippen LogP contribution in [0.4, 0.5) is 0 Å². The number of esters is 2. The minimum absolute atomic E-state index is 0.121. The van der Waals surface area contributed by atoms with E-state index in [2.05, 4.69) is 10.1 Å². The number of nitriles is 1. The van der Waals surface area contributed by atoms with E-state index in [1.807, 2.05) is 13.0 Å². The molecule has 1 rings (SSSR count). The highest BCUT2D eigenvalue weighted by Gasteiger charge is 2.27. The Bertz CT molecular complexity index is 651. The zero-order valence-electron chi connectivity index (χ0n) is 13.9. The summed E-state index contributed by atoms with van der Waals surface area (Å²) in [5.74, 6) is -1.99. The van der Waals surface area contributed by atoms with Crippen molar-refractivity contribution in [2.75, 3.05) is 13.7 Å². The van der Waals surface area contributed by atoms with Crippen molar-refractivity contribution in [2.45, 2.75) is 26.3 Å². The number of methoxy groups -OCH3 is 1. The van der Waals surface area contributed by atoms with Crippen LogP contribution in [-0.2, 0) is 19.1 Å². The maximum atomic E-state index is 11.9. The minimum Gasteiger partial charge on any atom is -0.467 e. The van der Waals surface area contributed by atoms with Crippen molar-refractivity contribution in [1.29, 1.82) is 5.26 Å². The Morgan fingerprint density at radius 2 is 2.04 bits per heavy atom. The second kappa shape index (κ2) is 9.30. The third-order valence-corrected chi connectivity index (χ3v) is 3.55. The zero-order valence-corrected chi connectivity index (χ0v) is 13.9. The van der Waals surface area contributed by atoms with E-state index < -0.39 is 30.5 Å². The van der Waals surface area contributed by atoms with Gasteiger partial charge in [-0.1, -0.05) is 26.3 Å². The Labute approximate surface area is 140 Å². The minimum atomic E-state index is -0.798. The fraction of sp³-hybridized carbons (Fsp3) is 0.412. The second-order valence-corrected chi connectivity index (χ2v) is 5.22. The molecule has 0 fully saturated rings. The lowest BCUT2D eigenvalue weighted by Gasteiger charge is -2.21. The number of hydrogen-bond acceptors (Lipinski definition) is 6. The summed E-state index contributed by atoms with van der Waals surface area (Å²) in [4.78, 5) is 35.5. The molecule has 0 unspecified atom stereocenters. The van der Waals surface area contributed by atoms with Gasteiger partial charge in [0, 0.05) is 0 Å². The van der Waals surface area contributed by atoms with Gasteiger partial charge in [-0.3, -0.25) is 4.79 Å². The summed E-state index contributed by atoms with van der Waals surface area (Å²) < 4.78 is 9.57. The number of amides is 1. The summed E-state index contributed by atoms with van der Waals surface area (Å²) in [6, 6.07) is 7.07. The zero-order chi connectivity index (χ0) is 18.1. The highest BCUT2D eigenvalue weighted by Crippen LogP contribution is 2.09. The predicted octanol–water partition coefficient (Wildman–Crippen LogP) is 1.42. The number of nitrogens with one attached hydrogen (secondary N) is 1. The Balaban J connectivity index is 2.62. The van der Waals surface area contributed by atoms with Crippen molar-refractivity contribution >= 4 is 17.8 Å². The first-order chi connectivity index (χ1) is 11.4. The summed E-state index contributed by atoms with van der Waals surface area (Å²) in [6.07, 6.45) is 0.667. The molecule has 0 saturated carbocycles. The predicted molar refractivity (Wildman–Crippen MR) is 84.8 cm³/mol. The first kappa shape index (κ1) is 19.2. The van der Waals surface area contributed by atoms with Gasteiger partial charge in [0.2, 0.25) is 0 Å². The van der Waals surface area contributed by atoms with Crippen LogP contribution in [0.2, 0.25) is 0 Å². The van der Waals surface area contributed by atoms with Crippen LogP contribution in [0.15, 0.2) is 24.3 Å². The maximum absolute atomic E-state index is 11.9. The van der Waals surface area contributed by atoms with E-state index >= 15 is 0 Å². The molecule has 7 nitrogen and oxygen atoms in total. The molecule has 24 heavy (non-hydrogen) atoms. The molecule has 0 aliphatic rings. The lowest BCUT2D eigenvalue weighted by Crippen LogP contribution is -2.47. The van der Waals surface area contributed by atoms with Gasteiger partial charge in [-0.25, -0.2) is 9.59 Å². The number of hydrogen-bond donors (Lipinski definition) is 1. The van der Waals surface area contributed by atoms with E-state index in [0.717, 1.165) is 0 Å². The van der Waals surface area contributed by atoms with Crippen LogP contribution in [0.25, 0.3) is 0 Å². The molecule has 0 aliphatic carbocycles. The Morgan fingerprint density at radius 3 is 2.62 bits per heavy atom. The monoisotopic (exact) mass is 332 g/mol. The standard InChI is InChI=1S/C17H20N2O5/c1-4-11(2)15(17(22)23-3)19-14(20)10-24-16(21)13-7-5-6-12(8-13)9-18/h5-8,11,15H,4,10H2,1-3H3,(H,19,20)/t11-,15+/m1/s1. The number of rotatable bonds is 7. The fourth-order valence-electron chi connectivity index (χ4n) is 1.94. The van der Waals surface area contributed by atoms with Gasteiger partial charge < -0.3 is 14.8 Å². The van der Waals surface area contributed by atoms with E-state index in [4.69, 9.17) is 10.00 Å². The molecule has 1 aromatic carbocycles. The molecule has 0 aliphatic heterocycles. The van der Waals surface area contributed by atoms with Crippen molar-refractivity contribution in [3.63, 3.8) is 0 Å². The molecule has 7 heteroatoms. The van der Waals surface area contributed by atoms with Crippen LogP contribution in [0.5, 0.6) is 0 Å². The summed E-state index contributed by atoms with van der Waals surface area (Å²) >= 11 is 0. The van der Waals surface area contributed by atoms with E-state index in [-0.39, 0.29) is 11.5 Å². The van der Waals surface area contributed by atoms with Crippen molar-refractivity contribution in [3.8, 4) is 6.07 Å². The normalized spacial score (nSPS) is 12.4. The van der Waals surface area contributed by atoms with Crippen molar-refractivity contribution in [2.24, 2.45) is 5.92 Å². The number of carbonyl (C=O) groups excluding carboxylic acids is 3. The lowest BCUT2D eigenvalue weighted by molar-refractivity contribution is -0.147. The van der Waals surface area contributed by atoms with Gasteiger partial charge in [-0.2, -0.15) is 5.26 Å². The molecule has 128 valence electrons. The Hall–Kier alpha value is -2.88. The summed E-state index contributed by atoms with van der Waals surface area (Å²) in [5.41, 5.74) is 0.490. The van der Waals surface area contributed by atoms with Crippen LogP contribution in [0.1, 0.15) is 36.2 Å². The SMILES string of the molecule is CC[C@@H](C)[C@H](NC(=O)COC(=O)c1cccc(C#N)c1)C(=O)OC. The number of carbonyl (C=O) groups is 3. The van der Waals surface area contributed by atoms with Crippen LogP contribution in [-0.4, -0.2) is 37.6 Å². The quantitative estimate of drug-likeness (QED) is 0.757. The van der Waals surface area contributed by atoms with E-state index in [0.29, 0.717) is 12.0 Å². The number of benzene rings is 1. The van der Waals surface area contributed by atoms with E-state index in [9.17, 15) is 14.4 Å². The third-order valence-electron chi connectivity index (χ3n) is 3.55. The smallest absolute Gasteiger partial charge is 0.338 e. The van der Waals surface area contributed by atoms with Crippen molar-refractivity contribution in [3.05, 3.63) is 35.4 Å². The van der Waals surface area contributed by atoms with Gasteiger partial charge in [0.25, 0.3) is 5.91 Å². The van der Waals surface area contributed by atoms with Crippen LogP contribution < -0.4 is 5.32 Å². The second-order valence-electron chi connectivity index (χ2n) is 5.22. The van der Waals surface area contributed by atoms with Crippen molar-refractivity contribution in [1.82, 2.24) is 5.32 Å². The maximum Gasteiger partial charge on any atom is 0.338 e. The van der Waals surface area contributed by atoms with Crippen LogP contribution in [0.3, 0.4) is 0 Å². The van der Waals surface area contributed by atoms with Crippen LogP contribution >= 0.6 is 0 Å². The highest BCUT2D eigenvalue weighted by atomic mass is 16.5. The molecule has 0 radical (unpaired) electrons.